The van der Waals surface area contributed by atoms with Crippen molar-refractivity contribution >= 4 is 45.0 Å². The lowest BCUT2D eigenvalue weighted by Crippen LogP contribution is -2.39. The number of rotatable bonds is 10. The Morgan fingerprint density at radius 3 is 2.49 bits per heavy atom. The molecule has 0 spiro atoms. The lowest BCUT2D eigenvalue weighted by atomic mass is 9.80. The van der Waals surface area contributed by atoms with E-state index in [1.165, 1.54) is 11.8 Å². The van der Waals surface area contributed by atoms with E-state index in [4.69, 9.17) is 16.9 Å². The van der Waals surface area contributed by atoms with Crippen LogP contribution < -0.4 is 10.6 Å². The summed E-state index contributed by atoms with van der Waals surface area (Å²) in [5, 5.41) is 14.7. The van der Waals surface area contributed by atoms with Gasteiger partial charge in [-0.25, -0.2) is 8.42 Å². The van der Waals surface area contributed by atoms with E-state index in [0.29, 0.717) is 24.4 Å². The molecule has 2 atom stereocenters. The fourth-order valence-corrected chi connectivity index (χ4v) is 6.80. The van der Waals surface area contributed by atoms with Crippen LogP contribution >= 0.6 is 23.4 Å². The van der Waals surface area contributed by atoms with Gasteiger partial charge < -0.3 is 10.6 Å². The molecule has 0 aromatic heterocycles. The third kappa shape index (κ3) is 7.99. The SMILES string of the molecule is N#CCNC(=O)[C@@H]1CCCC[C@H]1CS(=O)(=O)c1ccc(SCC(=O)NCc2ccccc2Cl)cc1. The molecule has 2 aromatic carbocycles. The van der Waals surface area contributed by atoms with Crippen LogP contribution in [0.3, 0.4) is 0 Å². The van der Waals surface area contributed by atoms with Crippen LogP contribution in [0.4, 0.5) is 0 Å². The second kappa shape index (κ2) is 13.0. The minimum atomic E-state index is -3.58. The van der Waals surface area contributed by atoms with Gasteiger partial charge in [0.05, 0.1) is 22.5 Å². The summed E-state index contributed by atoms with van der Waals surface area (Å²) < 4.78 is 26.1. The largest absolute Gasteiger partial charge is 0.351 e. The van der Waals surface area contributed by atoms with E-state index < -0.39 is 15.8 Å². The van der Waals surface area contributed by atoms with E-state index in [2.05, 4.69) is 10.6 Å². The van der Waals surface area contributed by atoms with Crippen LogP contribution in [0.25, 0.3) is 0 Å². The monoisotopic (exact) mass is 533 g/mol. The second-order valence-electron chi connectivity index (χ2n) is 8.44. The summed E-state index contributed by atoms with van der Waals surface area (Å²) in [6, 6.07) is 15.7. The maximum Gasteiger partial charge on any atom is 0.230 e. The van der Waals surface area contributed by atoms with Crippen LogP contribution in [-0.2, 0) is 26.0 Å². The summed E-state index contributed by atoms with van der Waals surface area (Å²) in [7, 11) is -3.58. The summed E-state index contributed by atoms with van der Waals surface area (Å²) >= 11 is 7.42. The number of nitrogens with one attached hydrogen (secondary N) is 2. The van der Waals surface area contributed by atoms with Gasteiger partial charge in [-0.05, 0) is 54.7 Å². The average molecular weight is 534 g/mol. The fourth-order valence-electron chi connectivity index (χ4n) is 4.17. The quantitative estimate of drug-likeness (QED) is 0.352. The topological polar surface area (TPSA) is 116 Å². The normalized spacial score (nSPS) is 17.8. The van der Waals surface area contributed by atoms with Crippen LogP contribution in [0.5, 0.6) is 0 Å². The van der Waals surface area contributed by atoms with Gasteiger partial charge in [-0.3, -0.25) is 9.59 Å². The van der Waals surface area contributed by atoms with Gasteiger partial charge in [0.1, 0.15) is 6.54 Å². The van der Waals surface area contributed by atoms with Crippen molar-refractivity contribution in [3.05, 3.63) is 59.1 Å². The Labute approximate surface area is 215 Å². The van der Waals surface area contributed by atoms with Crippen molar-refractivity contribution in [2.24, 2.45) is 11.8 Å². The molecule has 0 saturated heterocycles. The highest BCUT2D eigenvalue weighted by Crippen LogP contribution is 2.33. The number of benzene rings is 2. The van der Waals surface area contributed by atoms with E-state index in [1.807, 2.05) is 24.3 Å². The summed E-state index contributed by atoms with van der Waals surface area (Å²) in [4.78, 5) is 25.6. The molecular formula is C25H28ClN3O4S2. The first-order valence-corrected chi connectivity index (χ1v) is 14.4. The van der Waals surface area contributed by atoms with E-state index in [1.54, 1.807) is 30.3 Å². The van der Waals surface area contributed by atoms with Gasteiger partial charge in [-0.15, -0.1) is 11.8 Å². The first-order chi connectivity index (χ1) is 16.8. The molecule has 0 unspecified atom stereocenters. The molecule has 35 heavy (non-hydrogen) atoms. The van der Waals surface area contributed by atoms with Crippen LogP contribution in [0.2, 0.25) is 5.02 Å². The lowest BCUT2D eigenvalue weighted by Gasteiger charge is -2.30. The summed E-state index contributed by atoms with van der Waals surface area (Å²) in [6.45, 7) is 0.263. The Morgan fingerprint density at radius 1 is 1.06 bits per heavy atom. The molecule has 0 heterocycles. The predicted octanol–water partition coefficient (Wildman–Crippen LogP) is 3.97. The van der Waals surface area contributed by atoms with Gasteiger partial charge >= 0.3 is 0 Å². The maximum atomic E-state index is 13.0. The molecule has 0 aliphatic heterocycles. The molecule has 1 saturated carbocycles. The van der Waals surface area contributed by atoms with Crippen molar-refractivity contribution in [3.63, 3.8) is 0 Å². The average Bonchev–Trinajstić information content (AvgIpc) is 2.86. The molecule has 186 valence electrons. The highest BCUT2D eigenvalue weighted by Gasteiger charge is 2.34. The number of sulfone groups is 1. The Balaban J connectivity index is 1.54. The van der Waals surface area contributed by atoms with Gasteiger partial charge in [0.2, 0.25) is 11.8 Å². The number of halogens is 1. The second-order valence-corrected chi connectivity index (χ2v) is 11.9. The lowest BCUT2D eigenvalue weighted by molar-refractivity contribution is -0.127. The number of carbonyl (C=O) groups is 2. The van der Waals surface area contributed by atoms with Crippen LogP contribution in [0.1, 0.15) is 31.2 Å². The molecule has 2 N–H and O–H groups in total. The number of amides is 2. The number of nitrogens with zero attached hydrogens (tertiary/aromatic N) is 1. The van der Waals surface area contributed by atoms with Crippen molar-refractivity contribution < 1.29 is 18.0 Å². The van der Waals surface area contributed by atoms with Gasteiger partial charge in [-0.2, -0.15) is 5.26 Å². The smallest absolute Gasteiger partial charge is 0.230 e. The minimum Gasteiger partial charge on any atom is -0.351 e. The van der Waals surface area contributed by atoms with Crippen LogP contribution in [0.15, 0.2) is 58.3 Å². The summed E-state index contributed by atoms with van der Waals surface area (Å²) in [5.41, 5.74) is 0.838. The molecule has 1 fully saturated rings. The summed E-state index contributed by atoms with van der Waals surface area (Å²) in [5.74, 6) is -0.975. The van der Waals surface area contributed by atoms with Crippen molar-refractivity contribution in [3.8, 4) is 6.07 Å². The Bertz CT molecular complexity index is 1180. The molecule has 2 amide bonds. The first kappa shape index (κ1) is 27.1. The van der Waals surface area contributed by atoms with E-state index in [-0.39, 0.29) is 40.7 Å². The fraction of sp³-hybridized carbons (Fsp3) is 0.400. The van der Waals surface area contributed by atoms with Crippen LogP contribution in [0, 0.1) is 23.2 Å². The number of carbonyl (C=O) groups excluding carboxylic acids is 2. The predicted molar refractivity (Wildman–Crippen MR) is 137 cm³/mol. The zero-order valence-electron chi connectivity index (χ0n) is 19.2. The van der Waals surface area contributed by atoms with Crippen molar-refractivity contribution in [1.29, 1.82) is 5.26 Å². The molecule has 7 nitrogen and oxygen atoms in total. The molecule has 10 heteroatoms. The van der Waals surface area contributed by atoms with Crippen LogP contribution in [-0.4, -0.2) is 38.3 Å². The number of hydrogen-bond acceptors (Lipinski definition) is 6. The molecule has 0 radical (unpaired) electrons. The van der Waals surface area contributed by atoms with Gasteiger partial charge in [0.15, 0.2) is 9.84 Å². The van der Waals surface area contributed by atoms with Crippen molar-refractivity contribution in [2.75, 3.05) is 18.1 Å². The van der Waals surface area contributed by atoms with E-state index in [9.17, 15) is 18.0 Å². The van der Waals surface area contributed by atoms with E-state index in [0.717, 1.165) is 23.3 Å². The first-order valence-electron chi connectivity index (χ1n) is 11.4. The number of nitriles is 1. The molecular weight excluding hydrogens is 506 g/mol. The zero-order chi connectivity index (χ0) is 25.3. The molecule has 2 aromatic rings. The van der Waals surface area contributed by atoms with Gasteiger partial charge in [0.25, 0.3) is 0 Å². The Kier molecular flexibility index (Phi) is 10.0. The minimum absolute atomic E-state index is 0.0774. The van der Waals surface area contributed by atoms with Crippen molar-refractivity contribution in [1.82, 2.24) is 10.6 Å². The number of thioether (sulfide) groups is 1. The Hall–Kier alpha value is -2.54. The highest BCUT2D eigenvalue weighted by molar-refractivity contribution is 8.00. The molecule has 3 rings (SSSR count). The summed E-state index contributed by atoms with van der Waals surface area (Å²) in [6.07, 6.45) is 3.06. The standard InChI is InChI=1S/C25H28ClN3O4S2/c26-23-8-4-2-5-18(23)15-29-24(30)16-34-20-9-11-21(12-10-20)35(32,33)17-19-6-1-3-7-22(19)25(31)28-14-13-27/h2,4-5,8-12,19,22H,1,3,6-7,14-17H2,(H,28,31)(H,29,30)/t19-,22+/m0/s1. The Morgan fingerprint density at radius 2 is 1.77 bits per heavy atom. The number of hydrogen-bond donors (Lipinski definition) is 2. The van der Waals surface area contributed by atoms with Gasteiger partial charge in [0, 0.05) is 22.4 Å². The third-order valence-corrected chi connectivity index (χ3v) is 9.25. The molecule has 1 aliphatic rings. The molecule has 1 aliphatic carbocycles. The zero-order valence-corrected chi connectivity index (χ0v) is 21.6. The van der Waals surface area contributed by atoms with Crippen molar-refractivity contribution in [2.45, 2.75) is 42.0 Å². The molecule has 0 bridgehead atoms. The van der Waals surface area contributed by atoms with Gasteiger partial charge in [-0.1, -0.05) is 42.6 Å². The highest BCUT2D eigenvalue weighted by atomic mass is 35.5. The maximum absolute atomic E-state index is 13.0. The third-order valence-electron chi connectivity index (χ3n) is 6.01. The van der Waals surface area contributed by atoms with E-state index >= 15 is 0 Å².